The van der Waals surface area contributed by atoms with Crippen LogP contribution >= 0.6 is 39.1 Å². The van der Waals surface area contributed by atoms with E-state index in [9.17, 15) is 4.79 Å². The summed E-state index contributed by atoms with van der Waals surface area (Å²) in [6, 6.07) is 5.43. The van der Waals surface area contributed by atoms with Crippen molar-refractivity contribution in [1.29, 1.82) is 0 Å². The van der Waals surface area contributed by atoms with Crippen LogP contribution in [-0.2, 0) is 0 Å². The molecule has 0 aromatic heterocycles. The van der Waals surface area contributed by atoms with E-state index < -0.39 is 0 Å². The fourth-order valence-electron chi connectivity index (χ4n) is 2.13. The van der Waals surface area contributed by atoms with Crippen molar-refractivity contribution in [2.24, 2.45) is 0 Å². The number of carbonyl (C=O) groups is 1. The molecule has 0 atom stereocenters. The summed E-state index contributed by atoms with van der Waals surface area (Å²) in [5.74, 6) is -0.0811. The van der Waals surface area contributed by atoms with Crippen molar-refractivity contribution in [3.63, 3.8) is 0 Å². The summed E-state index contributed by atoms with van der Waals surface area (Å²) in [5.41, 5.74) is 0.579. The Morgan fingerprint density at radius 1 is 1.28 bits per heavy atom. The highest BCUT2D eigenvalue weighted by atomic mass is 79.9. The second-order valence-electron chi connectivity index (χ2n) is 4.55. The third-order valence-corrected chi connectivity index (χ3v) is 4.53. The van der Waals surface area contributed by atoms with Crippen molar-refractivity contribution in [2.45, 2.75) is 37.1 Å². The van der Waals surface area contributed by atoms with Gasteiger partial charge in [0.05, 0.1) is 5.56 Å². The van der Waals surface area contributed by atoms with Crippen LogP contribution in [0.4, 0.5) is 0 Å². The minimum absolute atomic E-state index is 0.0811. The van der Waals surface area contributed by atoms with Gasteiger partial charge in [0.2, 0.25) is 0 Å². The Bertz CT molecular complexity index is 445. The van der Waals surface area contributed by atoms with Gasteiger partial charge in [-0.1, -0.05) is 11.6 Å². The third kappa shape index (κ3) is 3.62. The Hall–Kier alpha value is -0.250. The molecule has 2 rings (SSSR count). The molecule has 0 aliphatic heterocycles. The van der Waals surface area contributed by atoms with Crippen LogP contribution in [0.3, 0.4) is 0 Å². The van der Waals surface area contributed by atoms with Crippen molar-refractivity contribution in [3.8, 4) is 0 Å². The van der Waals surface area contributed by atoms with Gasteiger partial charge >= 0.3 is 0 Å². The molecule has 0 radical (unpaired) electrons. The van der Waals surface area contributed by atoms with Crippen molar-refractivity contribution >= 4 is 45.0 Å². The molecular weight excluding hydrogens is 337 g/mol. The standard InChI is InChI=1S/C13H14BrCl2NO/c14-12-6-3-9(16)7-11(12)13(18)17-10-4-1-8(15)2-5-10/h3,6-8,10H,1-2,4-5H2,(H,17,18). The Morgan fingerprint density at radius 3 is 2.61 bits per heavy atom. The van der Waals surface area contributed by atoms with Gasteiger partial charge in [0.25, 0.3) is 5.91 Å². The second-order valence-corrected chi connectivity index (χ2v) is 6.45. The number of alkyl halides is 1. The summed E-state index contributed by atoms with van der Waals surface area (Å²) in [4.78, 5) is 12.1. The zero-order valence-electron chi connectivity index (χ0n) is 9.76. The zero-order valence-corrected chi connectivity index (χ0v) is 12.9. The Labute approximate surface area is 125 Å². The first-order chi connectivity index (χ1) is 8.56. The van der Waals surface area contributed by atoms with Gasteiger partial charge in [0.1, 0.15) is 0 Å². The summed E-state index contributed by atoms with van der Waals surface area (Å²) < 4.78 is 0.760. The van der Waals surface area contributed by atoms with E-state index in [-0.39, 0.29) is 17.3 Å². The number of amides is 1. The van der Waals surface area contributed by atoms with E-state index in [1.165, 1.54) is 0 Å². The molecule has 0 unspecified atom stereocenters. The molecule has 98 valence electrons. The van der Waals surface area contributed by atoms with Crippen LogP contribution in [0.25, 0.3) is 0 Å². The van der Waals surface area contributed by atoms with Gasteiger partial charge in [-0.2, -0.15) is 0 Å². The molecule has 1 aliphatic carbocycles. The highest BCUT2D eigenvalue weighted by Crippen LogP contribution is 2.25. The quantitative estimate of drug-likeness (QED) is 0.788. The maximum Gasteiger partial charge on any atom is 0.252 e. The van der Waals surface area contributed by atoms with Crippen LogP contribution in [0, 0.1) is 0 Å². The Kier molecular flexibility index (Phi) is 4.93. The second kappa shape index (κ2) is 6.27. The SMILES string of the molecule is O=C(NC1CCC(Cl)CC1)c1cc(Cl)ccc1Br. The normalized spacial score (nSPS) is 23.7. The molecule has 1 aromatic carbocycles. The number of rotatable bonds is 2. The first-order valence-corrected chi connectivity index (χ1v) is 7.57. The Balaban J connectivity index is 2.01. The fourth-order valence-corrected chi connectivity index (χ4v) is 2.98. The predicted molar refractivity (Wildman–Crippen MR) is 78.5 cm³/mol. The smallest absolute Gasteiger partial charge is 0.252 e. The molecule has 1 amide bonds. The van der Waals surface area contributed by atoms with Crippen LogP contribution in [0.15, 0.2) is 22.7 Å². The van der Waals surface area contributed by atoms with Crippen LogP contribution in [0.5, 0.6) is 0 Å². The number of hydrogen-bond acceptors (Lipinski definition) is 1. The number of carbonyl (C=O) groups excluding carboxylic acids is 1. The summed E-state index contributed by atoms with van der Waals surface area (Å²) in [6.07, 6.45) is 3.81. The minimum Gasteiger partial charge on any atom is -0.349 e. The van der Waals surface area contributed by atoms with Gasteiger partial charge in [-0.15, -0.1) is 11.6 Å². The third-order valence-electron chi connectivity index (χ3n) is 3.16. The van der Waals surface area contributed by atoms with Gasteiger partial charge in [0.15, 0.2) is 0 Å². The molecule has 2 nitrogen and oxygen atoms in total. The van der Waals surface area contributed by atoms with E-state index >= 15 is 0 Å². The lowest BCUT2D eigenvalue weighted by molar-refractivity contribution is 0.0927. The molecule has 18 heavy (non-hydrogen) atoms. The molecule has 1 saturated carbocycles. The number of halogens is 3. The van der Waals surface area contributed by atoms with Gasteiger partial charge in [-0.3, -0.25) is 4.79 Å². The molecule has 1 aromatic rings. The van der Waals surface area contributed by atoms with Crippen LogP contribution in [0.2, 0.25) is 5.02 Å². The topological polar surface area (TPSA) is 29.1 Å². The highest BCUT2D eigenvalue weighted by molar-refractivity contribution is 9.10. The summed E-state index contributed by atoms with van der Waals surface area (Å²) in [7, 11) is 0. The van der Waals surface area contributed by atoms with Crippen molar-refractivity contribution in [2.75, 3.05) is 0 Å². The lowest BCUT2D eigenvalue weighted by Gasteiger charge is -2.26. The molecular formula is C13H14BrCl2NO. The van der Waals surface area contributed by atoms with E-state index in [0.29, 0.717) is 10.6 Å². The first-order valence-electron chi connectivity index (χ1n) is 5.96. The van der Waals surface area contributed by atoms with Gasteiger partial charge in [-0.05, 0) is 59.8 Å². The molecule has 1 aliphatic rings. The van der Waals surface area contributed by atoms with E-state index in [4.69, 9.17) is 23.2 Å². The number of hydrogen-bond donors (Lipinski definition) is 1. The Morgan fingerprint density at radius 2 is 1.94 bits per heavy atom. The molecule has 0 spiro atoms. The van der Waals surface area contributed by atoms with E-state index in [0.717, 1.165) is 30.2 Å². The lowest BCUT2D eigenvalue weighted by Crippen LogP contribution is -2.37. The maximum atomic E-state index is 12.1. The van der Waals surface area contributed by atoms with E-state index in [1.807, 2.05) is 0 Å². The van der Waals surface area contributed by atoms with Crippen molar-refractivity contribution in [3.05, 3.63) is 33.3 Å². The fraction of sp³-hybridized carbons (Fsp3) is 0.462. The van der Waals surface area contributed by atoms with E-state index in [2.05, 4.69) is 21.2 Å². The molecule has 1 N–H and O–H groups in total. The highest BCUT2D eigenvalue weighted by Gasteiger charge is 2.22. The summed E-state index contributed by atoms with van der Waals surface area (Å²) in [6.45, 7) is 0. The predicted octanol–water partition coefficient (Wildman–Crippen LogP) is 4.38. The van der Waals surface area contributed by atoms with Gasteiger partial charge < -0.3 is 5.32 Å². The average molecular weight is 351 g/mol. The average Bonchev–Trinajstić information content (AvgIpc) is 2.35. The molecule has 5 heteroatoms. The van der Waals surface area contributed by atoms with Crippen LogP contribution in [-0.4, -0.2) is 17.3 Å². The maximum absolute atomic E-state index is 12.1. The minimum atomic E-state index is -0.0811. The first kappa shape index (κ1) is 14.2. The molecule has 0 saturated heterocycles. The summed E-state index contributed by atoms with van der Waals surface area (Å²) in [5, 5.41) is 3.86. The largest absolute Gasteiger partial charge is 0.349 e. The van der Waals surface area contributed by atoms with Gasteiger partial charge in [0, 0.05) is 20.9 Å². The van der Waals surface area contributed by atoms with Crippen molar-refractivity contribution in [1.82, 2.24) is 5.32 Å². The van der Waals surface area contributed by atoms with Crippen molar-refractivity contribution < 1.29 is 4.79 Å². The zero-order chi connectivity index (χ0) is 13.1. The van der Waals surface area contributed by atoms with Crippen LogP contribution < -0.4 is 5.32 Å². The monoisotopic (exact) mass is 349 g/mol. The molecule has 0 heterocycles. The van der Waals surface area contributed by atoms with E-state index in [1.54, 1.807) is 18.2 Å². The number of benzene rings is 1. The lowest BCUT2D eigenvalue weighted by atomic mass is 9.95. The van der Waals surface area contributed by atoms with Gasteiger partial charge in [-0.25, -0.2) is 0 Å². The molecule has 1 fully saturated rings. The van der Waals surface area contributed by atoms with Crippen LogP contribution in [0.1, 0.15) is 36.0 Å². The molecule has 0 bridgehead atoms. The number of nitrogens with one attached hydrogen (secondary N) is 1. The summed E-state index contributed by atoms with van der Waals surface area (Å²) >= 11 is 15.3.